The summed E-state index contributed by atoms with van der Waals surface area (Å²) in [6, 6.07) is 21.8. The van der Waals surface area contributed by atoms with E-state index in [1.165, 1.54) is 16.8 Å². The standard InChI is InChI=1S/C23H30ClNO6.C17H21Cl2NO3.C13H16ClNO.C6H10O3.C4H6Cl2O2.ClH/c1-4-20(30-19(27)13-22(2)14-29-15-22)31-21(28)25(3)23(12-8-7-11-18(23)26)16-9-5-6-10-17(16)24;1-3-15(19)23-16(22)20(2)17(11-7-6-10-14(17)21)12-8-4-5-9-13(12)18;1-15-13(9-5-4-8-12(13)16)10-6-2-3-7-11(10)14;1-6(2-5(7)8)3-9-4-6;1-2-3(5)8-4(6)7;/h5-6,9-10,20H,4,7-8,11-15H2,1-3H3;4-5,8-9,15H,3,6-7,10-11H2,1-2H3;2-3,6-7,15H,4-5,8-9H2,1H3;2-4H2,1H3,(H,7,8);3H,2H2,1H3;1H/t20?,23-;15?,17-;13-;;;/m000.../s1. The van der Waals surface area contributed by atoms with Crippen LogP contribution >= 0.6 is 82.0 Å². The largest absolute Gasteiger partial charge is 0.481 e. The lowest BCUT2D eigenvalue weighted by Crippen LogP contribution is -2.55. The van der Waals surface area contributed by atoms with Crippen LogP contribution < -0.4 is 5.32 Å². The lowest BCUT2D eigenvalue weighted by Gasteiger charge is -2.43. The average molecular weight is 1370 g/mol. The summed E-state index contributed by atoms with van der Waals surface area (Å²) in [6.07, 6.45) is 7.92. The molecule has 3 aromatic rings. The highest BCUT2D eigenvalue weighted by molar-refractivity contribution is 6.61. The maximum absolute atomic E-state index is 13.1. The van der Waals surface area contributed by atoms with E-state index < -0.39 is 63.6 Å². The van der Waals surface area contributed by atoms with E-state index in [0.717, 1.165) is 50.5 Å². The molecule has 2 saturated heterocycles. The lowest BCUT2D eigenvalue weighted by atomic mass is 9.74. The van der Waals surface area contributed by atoms with Crippen molar-refractivity contribution < 1.29 is 71.9 Å². The van der Waals surface area contributed by atoms with E-state index in [2.05, 4.69) is 10.1 Å². The van der Waals surface area contributed by atoms with E-state index in [1.807, 2.05) is 58.2 Å². The topological polar surface area (TPSA) is 231 Å². The number of hydrogen-bond donors (Lipinski definition) is 2. The SMILES string of the molecule is CC1(CC(=O)O)COC1.CCC(Cl)OC(=O)Cl.CCC(Cl)OC(=O)N(C)[C@]1(c2ccccc2Cl)CCCCC1=O.CCC(OC(=O)CC1(C)COC1)OC(=O)N(C)[C@]1(c2ccccc2Cl)CCCCC1=O.CN[C@]1(c2ccccc2Cl)CCCCC1=O.Cl. The minimum atomic E-state index is -1.20. The van der Waals surface area contributed by atoms with Crippen molar-refractivity contribution in [3.8, 4) is 0 Å². The van der Waals surface area contributed by atoms with Gasteiger partial charge in [0.05, 0.1) is 39.3 Å². The molecule has 2 amide bonds. The first-order valence-corrected chi connectivity index (χ1v) is 31.7. The number of Topliss-reactive ketones (excluding diaryl/α,β-unsaturated/α-hetero) is 3. The van der Waals surface area contributed by atoms with Crippen LogP contribution in [0.1, 0.15) is 160 Å². The van der Waals surface area contributed by atoms with Crippen molar-refractivity contribution in [2.75, 3.05) is 47.6 Å². The number of hydrogen-bond acceptors (Lipinski definition) is 15. The number of halogens is 7. The van der Waals surface area contributed by atoms with Crippen molar-refractivity contribution in [1.82, 2.24) is 15.1 Å². The molecule has 3 unspecified atom stereocenters. The number of nitrogens with zero attached hydrogens (tertiary/aromatic N) is 2. The minimum Gasteiger partial charge on any atom is -0.481 e. The summed E-state index contributed by atoms with van der Waals surface area (Å²) in [5.41, 5.74) is -3.16. The van der Waals surface area contributed by atoms with Gasteiger partial charge in [0.1, 0.15) is 16.6 Å². The number of carbonyl (C=O) groups is 8. The molecule has 0 spiro atoms. The van der Waals surface area contributed by atoms with Crippen molar-refractivity contribution in [2.24, 2.45) is 10.8 Å². The summed E-state index contributed by atoms with van der Waals surface area (Å²) >= 11 is 35.0. The maximum atomic E-state index is 13.1. The second kappa shape index (κ2) is 36.5. The van der Waals surface area contributed by atoms with Gasteiger partial charge in [-0.05, 0) is 95.0 Å². The first-order valence-electron chi connectivity index (χ1n) is 29.3. The molecule has 2 heterocycles. The van der Waals surface area contributed by atoms with E-state index in [9.17, 15) is 38.4 Å². The summed E-state index contributed by atoms with van der Waals surface area (Å²) in [6.45, 7) is 11.4. The van der Waals surface area contributed by atoms with Crippen molar-refractivity contribution in [3.05, 3.63) is 105 Å². The molecule has 0 aromatic heterocycles. The predicted octanol–water partition coefficient (Wildman–Crippen LogP) is 15.3. The van der Waals surface area contributed by atoms with E-state index in [1.54, 1.807) is 63.4 Å². The zero-order valence-electron chi connectivity index (χ0n) is 51.2. The Bertz CT molecular complexity index is 2830. The van der Waals surface area contributed by atoms with Crippen LogP contribution in [0.5, 0.6) is 0 Å². The smallest absolute Gasteiger partial charge is 0.413 e. The Labute approximate surface area is 553 Å². The second-order valence-electron chi connectivity index (χ2n) is 22.8. The number of benzene rings is 3. The van der Waals surface area contributed by atoms with Crippen LogP contribution in [0.15, 0.2) is 72.8 Å². The number of aliphatic carboxylic acids is 1. The van der Waals surface area contributed by atoms with E-state index in [-0.39, 0.29) is 53.4 Å². The van der Waals surface area contributed by atoms with Gasteiger partial charge in [0.15, 0.2) is 28.5 Å². The van der Waals surface area contributed by atoms with Gasteiger partial charge in [-0.1, -0.05) is 154 Å². The predicted molar refractivity (Wildman–Crippen MR) is 342 cm³/mol. The number of rotatable bonds is 17. The number of carboxylic acid groups (broad SMARTS) is 1. The van der Waals surface area contributed by atoms with Crippen LogP contribution in [0.3, 0.4) is 0 Å². The highest BCUT2D eigenvalue weighted by Gasteiger charge is 2.51. The fourth-order valence-corrected chi connectivity index (χ4v) is 12.1. The van der Waals surface area contributed by atoms with Gasteiger partial charge in [0.2, 0.25) is 6.29 Å². The number of ketones is 3. The Hall–Kier alpha value is -4.47. The van der Waals surface area contributed by atoms with Crippen LogP contribution in [0.4, 0.5) is 14.4 Å². The zero-order chi connectivity index (χ0) is 64.8. The summed E-state index contributed by atoms with van der Waals surface area (Å²) in [7, 11) is 4.96. The Balaban J connectivity index is 0.000000312. The van der Waals surface area contributed by atoms with Crippen LogP contribution in [-0.2, 0) is 69.0 Å². The van der Waals surface area contributed by atoms with Gasteiger partial charge in [0.25, 0.3) is 0 Å². The first kappa shape index (κ1) is 77.8. The summed E-state index contributed by atoms with van der Waals surface area (Å²) < 4.78 is 30.4. The normalized spacial score (nSPS) is 22.3. The molecular formula is C63H84Cl7N3O15. The van der Waals surface area contributed by atoms with Crippen LogP contribution in [-0.4, -0.2) is 127 Å². The third-order valence-corrected chi connectivity index (χ3v) is 17.8. The molecule has 490 valence electrons. The molecule has 2 N–H and O–H groups in total. The van der Waals surface area contributed by atoms with Gasteiger partial charge in [-0.3, -0.25) is 33.8 Å². The van der Waals surface area contributed by atoms with Crippen LogP contribution in [0, 0.1) is 10.8 Å². The van der Waals surface area contributed by atoms with Gasteiger partial charge < -0.3 is 38.8 Å². The summed E-state index contributed by atoms with van der Waals surface area (Å²) in [4.78, 5) is 98.7. The van der Waals surface area contributed by atoms with E-state index in [4.69, 9.17) is 98.4 Å². The molecule has 0 bridgehead atoms. The van der Waals surface area contributed by atoms with Crippen molar-refractivity contribution in [3.63, 3.8) is 0 Å². The van der Waals surface area contributed by atoms with Gasteiger partial charge in [-0.2, -0.15) is 0 Å². The highest BCUT2D eigenvalue weighted by Crippen LogP contribution is 2.45. The summed E-state index contributed by atoms with van der Waals surface area (Å²) in [5.74, 6) is -1.01. The van der Waals surface area contributed by atoms with Gasteiger partial charge in [-0.25, -0.2) is 14.4 Å². The van der Waals surface area contributed by atoms with Gasteiger partial charge >= 0.3 is 29.6 Å². The molecule has 25 heteroatoms. The summed E-state index contributed by atoms with van der Waals surface area (Å²) in [5, 5.41) is 13.1. The molecule has 5 aliphatic rings. The minimum absolute atomic E-state index is 0. The molecule has 2 aliphatic heterocycles. The number of esters is 1. The Kier molecular flexibility index (Phi) is 32.3. The molecular weight excluding hydrogens is 1290 g/mol. The molecule has 3 saturated carbocycles. The van der Waals surface area contributed by atoms with Gasteiger partial charge in [-0.15, -0.1) is 12.4 Å². The number of alkyl halides is 2. The monoisotopic (exact) mass is 1370 g/mol. The Morgan fingerprint density at radius 2 is 0.955 bits per heavy atom. The fraction of sp³-hybridized carbons (Fsp3) is 0.587. The van der Waals surface area contributed by atoms with E-state index in [0.29, 0.717) is 104 Å². The number of carboxylic acids is 1. The zero-order valence-corrected chi connectivity index (χ0v) is 56.6. The molecule has 18 nitrogen and oxygen atoms in total. The average Bonchev–Trinajstić information content (AvgIpc) is 1.18. The van der Waals surface area contributed by atoms with Crippen LogP contribution in [0.2, 0.25) is 15.1 Å². The number of nitrogens with one attached hydrogen (secondary N) is 1. The van der Waals surface area contributed by atoms with Gasteiger partial charge in [0, 0.05) is 88.4 Å². The highest BCUT2D eigenvalue weighted by atomic mass is 35.5. The van der Waals surface area contributed by atoms with Crippen molar-refractivity contribution in [1.29, 1.82) is 0 Å². The number of likely N-dealkylation sites (N-methyl/N-ethyl adjacent to an activating group) is 3. The van der Waals surface area contributed by atoms with Crippen molar-refractivity contribution in [2.45, 2.75) is 178 Å². The molecule has 3 aliphatic carbocycles. The molecule has 88 heavy (non-hydrogen) atoms. The molecule has 3 aromatic carbocycles. The first-order chi connectivity index (χ1) is 41.1. The molecule has 8 rings (SSSR count). The number of carbonyl (C=O) groups excluding carboxylic acids is 7. The lowest BCUT2D eigenvalue weighted by molar-refractivity contribution is -0.182. The number of ether oxygens (including phenoxy) is 6. The van der Waals surface area contributed by atoms with Crippen LogP contribution in [0.25, 0.3) is 0 Å². The quantitative estimate of drug-likeness (QED) is 0.0421. The Morgan fingerprint density at radius 1 is 0.568 bits per heavy atom. The van der Waals surface area contributed by atoms with Crippen molar-refractivity contribution >= 4 is 129 Å². The third kappa shape index (κ3) is 20.8. The third-order valence-electron chi connectivity index (χ3n) is 16.0. The number of amides is 2. The fourth-order valence-electron chi connectivity index (χ4n) is 10.9. The second-order valence-corrected chi connectivity index (χ2v) is 25.3. The van der Waals surface area contributed by atoms with E-state index >= 15 is 0 Å². The maximum Gasteiger partial charge on any atom is 0.413 e. The Morgan fingerprint density at radius 3 is 1.28 bits per heavy atom. The molecule has 5 fully saturated rings. The molecule has 0 radical (unpaired) electrons. The molecule has 6 atom stereocenters.